The molecule has 2 atom stereocenters. The molecule has 2 aromatic carbocycles. The normalized spacial score (nSPS) is 24.7. The van der Waals surface area contributed by atoms with E-state index in [1.807, 2.05) is 45.9 Å². The Hall–Kier alpha value is -1.90. The zero-order valence-corrected chi connectivity index (χ0v) is 15.7. The van der Waals surface area contributed by atoms with Crippen LogP contribution in [0.4, 0.5) is 0 Å². The van der Waals surface area contributed by atoms with Gasteiger partial charge >= 0.3 is 0 Å². The van der Waals surface area contributed by atoms with Crippen LogP contribution in [-0.4, -0.2) is 22.4 Å². The summed E-state index contributed by atoms with van der Waals surface area (Å²) in [5.74, 6) is 0. The highest BCUT2D eigenvalue weighted by Crippen LogP contribution is 2.46. The van der Waals surface area contributed by atoms with E-state index >= 15 is 0 Å². The van der Waals surface area contributed by atoms with E-state index in [-0.39, 0.29) is 0 Å². The molecule has 3 rings (SSSR count). The summed E-state index contributed by atoms with van der Waals surface area (Å²) in [6, 6.07) is 16.7. The first kappa shape index (κ1) is 17.9. The van der Waals surface area contributed by atoms with Gasteiger partial charge in [0.2, 0.25) is 0 Å². The Morgan fingerprint density at radius 3 is 2.00 bits per heavy atom. The molecule has 2 heteroatoms. The van der Waals surface area contributed by atoms with Crippen LogP contribution in [0.3, 0.4) is 0 Å². The van der Waals surface area contributed by atoms with Crippen LogP contribution < -0.4 is 0 Å². The molecule has 132 valence electrons. The fourth-order valence-electron chi connectivity index (χ4n) is 3.88. The fourth-order valence-corrected chi connectivity index (χ4v) is 3.88. The van der Waals surface area contributed by atoms with Gasteiger partial charge in [-0.15, -0.1) is 0 Å². The molecule has 2 N–H and O–H groups in total. The summed E-state index contributed by atoms with van der Waals surface area (Å²) in [6.07, 6.45) is 0.610. The minimum Gasteiger partial charge on any atom is -0.389 e. The molecule has 1 aliphatic rings. The highest BCUT2D eigenvalue weighted by Gasteiger charge is 2.49. The third-order valence-corrected chi connectivity index (χ3v) is 5.82. The summed E-state index contributed by atoms with van der Waals surface area (Å²) in [7, 11) is 0. The summed E-state index contributed by atoms with van der Waals surface area (Å²) < 4.78 is 0. The summed E-state index contributed by atoms with van der Waals surface area (Å²) in [6.45, 7) is 10.1. The van der Waals surface area contributed by atoms with Crippen molar-refractivity contribution in [2.75, 3.05) is 0 Å². The third-order valence-electron chi connectivity index (χ3n) is 5.82. The first-order valence-electron chi connectivity index (χ1n) is 8.90. The van der Waals surface area contributed by atoms with Gasteiger partial charge in [0.05, 0.1) is 12.2 Å². The maximum Gasteiger partial charge on any atom is 0.0898 e. The second-order valence-electron chi connectivity index (χ2n) is 8.33. The van der Waals surface area contributed by atoms with Gasteiger partial charge in [-0.3, -0.25) is 0 Å². The minimum absolute atomic E-state index is 0.472. The van der Waals surface area contributed by atoms with E-state index < -0.39 is 23.0 Å². The minimum atomic E-state index is -0.788. The predicted molar refractivity (Wildman–Crippen MR) is 104 cm³/mol. The molecule has 2 nitrogen and oxygen atoms in total. The first-order chi connectivity index (χ1) is 11.7. The van der Waals surface area contributed by atoms with Gasteiger partial charge in [0.25, 0.3) is 0 Å². The molecule has 0 aliphatic heterocycles. The van der Waals surface area contributed by atoms with Crippen molar-refractivity contribution in [1.29, 1.82) is 0 Å². The Bertz CT molecular complexity index is 800. The zero-order valence-electron chi connectivity index (χ0n) is 15.7. The van der Waals surface area contributed by atoms with Crippen molar-refractivity contribution >= 4 is 11.6 Å². The molecule has 1 aliphatic carbocycles. The van der Waals surface area contributed by atoms with Crippen molar-refractivity contribution in [2.24, 2.45) is 0 Å². The Balaban J connectivity index is 2.10. The Kier molecular flexibility index (Phi) is 4.38. The highest BCUT2D eigenvalue weighted by atomic mass is 16.3. The standard InChI is InChI=1S/C23H28O2/c1-15(13-16-9-7-6-8-10-16)17-11-12-18-19(14-17)23(4,5)21(25)20(24)22(18,2)3/h6-14,20-21,24-25H,1-5H3/b15-13+. The Labute approximate surface area is 150 Å². The van der Waals surface area contributed by atoms with E-state index in [9.17, 15) is 10.2 Å². The number of allylic oxidation sites excluding steroid dienone is 1. The van der Waals surface area contributed by atoms with E-state index in [1.54, 1.807) is 0 Å². The van der Waals surface area contributed by atoms with Gasteiger partial charge in [-0.2, -0.15) is 0 Å². The lowest BCUT2D eigenvalue weighted by Crippen LogP contribution is -2.56. The fraction of sp³-hybridized carbons (Fsp3) is 0.391. The van der Waals surface area contributed by atoms with E-state index in [0.29, 0.717) is 0 Å². The molecule has 0 fully saturated rings. The van der Waals surface area contributed by atoms with Gasteiger partial charge in [0, 0.05) is 10.8 Å². The van der Waals surface area contributed by atoms with Gasteiger partial charge in [0.1, 0.15) is 0 Å². The molecular weight excluding hydrogens is 308 g/mol. The van der Waals surface area contributed by atoms with Crippen LogP contribution in [0.5, 0.6) is 0 Å². The molecule has 0 bridgehead atoms. The van der Waals surface area contributed by atoms with E-state index in [2.05, 4.69) is 43.3 Å². The number of aliphatic hydroxyl groups excluding tert-OH is 2. The van der Waals surface area contributed by atoms with Crippen molar-refractivity contribution in [3.63, 3.8) is 0 Å². The lowest BCUT2D eigenvalue weighted by atomic mass is 9.59. The van der Waals surface area contributed by atoms with E-state index in [0.717, 1.165) is 16.7 Å². The topological polar surface area (TPSA) is 40.5 Å². The average molecular weight is 336 g/mol. The van der Waals surface area contributed by atoms with Crippen molar-refractivity contribution in [1.82, 2.24) is 0 Å². The molecule has 0 heterocycles. The molecule has 25 heavy (non-hydrogen) atoms. The molecule has 0 aromatic heterocycles. The summed E-state index contributed by atoms with van der Waals surface area (Å²) in [5, 5.41) is 21.3. The van der Waals surface area contributed by atoms with Gasteiger partial charge in [0.15, 0.2) is 0 Å². The zero-order chi connectivity index (χ0) is 18.4. The van der Waals surface area contributed by atoms with Crippen LogP contribution in [0.25, 0.3) is 11.6 Å². The van der Waals surface area contributed by atoms with Gasteiger partial charge in [-0.25, -0.2) is 0 Å². The Morgan fingerprint density at radius 2 is 1.40 bits per heavy atom. The summed E-state index contributed by atoms with van der Waals surface area (Å²) >= 11 is 0. The van der Waals surface area contributed by atoms with Crippen LogP contribution in [0.2, 0.25) is 0 Å². The number of fused-ring (bicyclic) bond motifs is 1. The number of aliphatic hydroxyl groups is 2. The van der Waals surface area contributed by atoms with E-state index in [1.165, 1.54) is 11.1 Å². The first-order valence-corrected chi connectivity index (χ1v) is 8.90. The van der Waals surface area contributed by atoms with Crippen molar-refractivity contribution in [2.45, 2.75) is 57.7 Å². The summed E-state index contributed by atoms with van der Waals surface area (Å²) in [5.41, 5.74) is 4.78. The number of hydrogen-bond acceptors (Lipinski definition) is 2. The highest BCUT2D eigenvalue weighted by molar-refractivity contribution is 5.80. The molecule has 0 saturated carbocycles. The van der Waals surface area contributed by atoms with E-state index in [4.69, 9.17) is 0 Å². The van der Waals surface area contributed by atoms with Crippen LogP contribution in [0.15, 0.2) is 48.5 Å². The van der Waals surface area contributed by atoms with Gasteiger partial charge < -0.3 is 10.2 Å². The van der Waals surface area contributed by atoms with Crippen LogP contribution >= 0.6 is 0 Å². The molecule has 2 aromatic rings. The molecule has 0 radical (unpaired) electrons. The predicted octanol–water partition coefficient (Wildman–Crippen LogP) is 4.54. The molecule has 0 amide bonds. The monoisotopic (exact) mass is 336 g/mol. The third kappa shape index (κ3) is 2.94. The maximum absolute atomic E-state index is 10.7. The van der Waals surface area contributed by atoms with Crippen molar-refractivity contribution in [3.05, 3.63) is 70.8 Å². The maximum atomic E-state index is 10.7. The molecular formula is C23H28O2. The largest absolute Gasteiger partial charge is 0.389 e. The lowest BCUT2D eigenvalue weighted by Gasteiger charge is -2.49. The number of benzene rings is 2. The second-order valence-corrected chi connectivity index (χ2v) is 8.33. The molecule has 0 saturated heterocycles. The van der Waals surface area contributed by atoms with Crippen molar-refractivity contribution in [3.8, 4) is 0 Å². The Morgan fingerprint density at radius 1 is 0.840 bits per heavy atom. The smallest absolute Gasteiger partial charge is 0.0898 e. The van der Waals surface area contributed by atoms with Gasteiger partial charge in [-0.05, 0) is 34.8 Å². The van der Waals surface area contributed by atoms with Crippen LogP contribution in [-0.2, 0) is 10.8 Å². The van der Waals surface area contributed by atoms with Crippen LogP contribution in [0.1, 0.15) is 56.9 Å². The number of rotatable bonds is 2. The van der Waals surface area contributed by atoms with Crippen LogP contribution in [0, 0.1) is 0 Å². The molecule has 2 unspecified atom stereocenters. The average Bonchev–Trinajstić information content (AvgIpc) is 2.59. The second kappa shape index (κ2) is 6.12. The SMILES string of the molecule is C/C(=C\c1ccccc1)c1ccc2c(c1)C(C)(C)C(O)C(O)C2(C)C. The quantitative estimate of drug-likeness (QED) is 0.791. The van der Waals surface area contributed by atoms with Crippen molar-refractivity contribution < 1.29 is 10.2 Å². The van der Waals surface area contributed by atoms with Gasteiger partial charge in [-0.1, -0.05) is 82.3 Å². The number of hydrogen-bond donors (Lipinski definition) is 2. The lowest BCUT2D eigenvalue weighted by molar-refractivity contribution is -0.0673. The molecule has 0 spiro atoms. The summed E-state index contributed by atoms with van der Waals surface area (Å²) in [4.78, 5) is 0.